The van der Waals surface area contributed by atoms with E-state index in [-0.39, 0.29) is 0 Å². The van der Waals surface area contributed by atoms with Crippen molar-refractivity contribution >= 4 is 11.9 Å². The minimum atomic E-state index is 0.407. The van der Waals surface area contributed by atoms with Gasteiger partial charge in [-0.3, -0.25) is 0 Å². The molecule has 0 N–H and O–H groups in total. The van der Waals surface area contributed by atoms with Crippen LogP contribution in [-0.2, 0) is 0 Å². The molecule has 3 rings (SSSR count). The van der Waals surface area contributed by atoms with E-state index in [4.69, 9.17) is 5.10 Å². The van der Waals surface area contributed by atoms with Crippen molar-refractivity contribution in [1.82, 2.24) is 9.78 Å². The van der Waals surface area contributed by atoms with E-state index in [2.05, 4.69) is 67.8 Å². The Morgan fingerprint density at radius 1 is 1.22 bits per heavy atom. The van der Waals surface area contributed by atoms with Gasteiger partial charge in [0.1, 0.15) is 0 Å². The topological polar surface area (TPSA) is 21.1 Å². The highest BCUT2D eigenvalue weighted by molar-refractivity contribution is 5.59. The second-order valence-corrected chi connectivity index (χ2v) is 7.85. The SMILES string of the molecule is C=CCCN(CCC)c1cc(C(C)C)n(-c2ccc(C3CC3)c(C=C)c2)n1. The molecule has 0 radical (unpaired) electrons. The van der Waals surface area contributed by atoms with Crippen molar-refractivity contribution in [3.8, 4) is 5.69 Å². The van der Waals surface area contributed by atoms with Crippen LogP contribution >= 0.6 is 0 Å². The third-order valence-corrected chi connectivity index (χ3v) is 5.29. The molecule has 1 aliphatic rings. The highest BCUT2D eigenvalue weighted by atomic mass is 15.4. The van der Waals surface area contributed by atoms with Crippen molar-refractivity contribution < 1.29 is 0 Å². The highest BCUT2D eigenvalue weighted by Gasteiger charge is 2.26. The molecule has 0 atom stereocenters. The van der Waals surface area contributed by atoms with Crippen LogP contribution in [0.5, 0.6) is 0 Å². The van der Waals surface area contributed by atoms with Crippen LogP contribution in [0.1, 0.15) is 75.1 Å². The van der Waals surface area contributed by atoms with Crippen LogP contribution in [-0.4, -0.2) is 22.9 Å². The van der Waals surface area contributed by atoms with E-state index < -0.39 is 0 Å². The molecule has 1 fully saturated rings. The Morgan fingerprint density at radius 2 is 2.00 bits per heavy atom. The Hall–Kier alpha value is -2.29. The number of hydrogen-bond acceptors (Lipinski definition) is 2. The standard InChI is InChI=1S/C24H33N3/c1-6-9-15-26(14-7-2)24-17-23(18(4)5)27(25-24)21-12-13-22(20-10-11-20)19(8-3)16-21/h6,8,12-13,16-18,20H,1,3,7,9-11,14-15H2,2,4-5H3. The third kappa shape index (κ3) is 4.35. The number of rotatable bonds is 10. The minimum Gasteiger partial charge on any atom is -0.355 e. The van der Waals surface area contributed by atoms with Crippen LogP contribution in [0.3, 0.4) is 0 Å². The van der Waals surface area contributed by atoms with Gasteiger partial charge in [-0.15, -0.1) is 6.58 Å². The molecule has 0 unspecified atom stereocenters. The first-order chi connectivity index (χ1) is 13.1. The summed E-state index contributed by atoms with van der Waals surface area (Å²) in [5.41, 5.74) is 5.06. The third-order valence-electron chi connectivity index (χ3n) is 5.29. The number of benzene rings is 1. The second-order valence-electron chi connectivity index (χ2n) is 7.85. The Labute approximate surface area is 164 Å². The molecular weight excluding hydrogens is 330 g/mol. The van der Waals surface area contributed by atoms with Gasteiger partial charge in [0.15, 0.2) is 5.82 Å². The summed E-state index contributed by atoms with van der Waals surface area (Å²) in [7, 11) is 0. The molecule has 1 aromatic heterocycles. The summed E-state index contributed by atoms with van der Waals surface area (Å²) in [5, 5.41) is 5.01. The Bertz CT molecular complexity index is 796. The minimum absolute atomic E-state index is 0.407. The van der Waals surface area contributed by atoms with Gasteiger partial charge in [-0.2, -0.15) is 5.10 Å². The molecule has 3 heteroatoms. The monoisotopic (exact) mass is 363 g/mol. The van der Waals surface area contributed by atoms with Gasteiger partial charge in [-0.05, 0) is 60.8 Å². The van der Waals surface area contributed by atoms with Crippen molar-refractivity contribution in [3.63, 3.8) is 0 Å². The Balaban J connectivity index is 2.00. The van der Waals surface area contributed by atoms with Crippen LogP contribution in [0.25, 0.3) is 11.8 Å². The van der Waals surface area contributed by atoms with E-state index >= 15 is 0 Å². The average Bonchev–Trinajstić information content (AvgIpc) is 3.42. The lowest BCUT2D eigenvalue weighted by atomic mass is 10.0. The van der Waals surface area contributed by atoms with Gasteiger partial charge in [0.2, 0.25) is 0 Å². The molecule has 27 heavy (non-hydrogen) atoms. The summed E-state index contributed by atoms with van der Waals surface area (Å²) in [6.45, 7) is 16.6. The van der Waals surface area contributed by atoms with Gasteiger partial charge in [0, 0.05) is 24.8 Å². The van der Waals surface area contributed by atoms with Crippen molar-refractivity contribution in [2.45, 2.75) is 58.3 Å². The van der Waals surface area contributed by atoms with Crippen molar-refractivity contribution in [1.29, 1.82) is 0 Å². The summed E-state index contributed by atoms with van der Waals surface area (Å²) < 4.78 is 2.13. The molecule has 2 aromatic rings. The normalized spacial score (nSPS) is 13.8. The summed E-state index contributed by atoms with van der Waals surface area (Å²) >= 11 is 0. The largest absolute Gasteiger partial charge is 0.355 e. The Morgan fingerprint density at radius 3 is 2.59 bits per heavy atom. The van der Waals surface area contributed by atoms with E-state index in [0.717, 1.165) is 43.4 Å². The first kappa shape index (κ1) is 19.5. The van der Waals surface area contributed by atoms with Gasteiger partial charge >= 0.3 is 0 Å². The molecule has 1 aliphatic carbocycles. The molecule has 1 aromatic carbocycles. The van der Waals surface area contributed by atoms with Crippen LogP contribution in [0.2, 0.25) is 0 Å². The van der Waals surface area contributed by atoms with E-state index in [1.807, 2.05) is 12.2 Å². The molecule has 144 valence electrons. The molecule has 0 spiro atoms. The number of anilines is 1. The smallest absolute Gasteiger partial charge is 0.151 e. The fraction of sp³-hybridized carbons (Fsp3) is 0.458. The zero-order chi connectivity index (χ0) is 19.4. The molecule has 3 nitrogen and oxygen atoms in total. The van der Waals surface area contributed by atoms with Crippen LogP contribution in [0, 0.1) is 0 Å². The Kier molecular flexibility index (Phi) is 6.20. The fourth-order valence-electron chi connectivity index (χ4n) is 3.65. The molecule has 1 saturated carbocycles. The maximum Gasteiger partial charge on any atom is 0.151 e. The maximum absolute atomic E-state index is 5.01. The van der Waals surface area contributed by atoms with Crippen LogP contribution < -0.4 is 4.90 Å². The first-order valence-corrected chi connectivity index (χ1v) is 10.3. The van der Waals surface area contributed by atoms with Crippen molar-refractivity contribution in [2.24, 2.45) is 0 Å². The fourth-order valence-corrected chi connectivity index (χ4v) is 3.65. The zero-order valence-corrected chi connectivity index (χ0v) is 17.1. The van der Waals surface area contributed by atoms with E-state index in [1.165, 1.54) is 29.7 Å². The summed E-state index contributed by atoms with van der Waals surface area (Å²) in [6, 6.07) is 9.00. The highest BCUT2D eigenvalue weighted by Crippen LogP contribution is 2.42. The lowest BCUT2D eigenvalue weighted by molar-refractivity contribution is 0.715. The molecule has 0 aliphatic heterocycles. The molecular formula is C24H33N3. The summed E-state index contributed by atoms with van der Waals surface area (Å²) in [4.78, 5) is 2.37. The van der Waals surface area contributed by atoms with Gasteiger partial charge in [-0.1, -0.05) is 45.6 Å². The molecule has 0 saturated heterocycles. The second kappa shape index (κ2) is 8.60. The predicted molar refractivity (Wildman–Crippen MR) is 117 cm³/mol. The lowest BCUT2D eigenvalue weighted by Crippen LogP contribution is -2.25. The summed E-state index contributed by atoms with van der Waals surface area (Å²) in [5.74, 6) is 2.20. The number of aromatic nitrogens is 2. The van der Waals surface area contributed by atoms with Crippen LogP contribution in [0.15, 0.2) is 43.5 Å². The van der Waals surface area contributed by atoms with Gasteiger partial charge < -0.3 is 4.90 Å². The van der Waals surface area contributed by atoms with Crippen molar-refractivity contribution in [2.75, 3.05) is 18.0 Å². The lowest BCUT2D eigenvalue weighted by Gasteiger charge is -2.20. The van der Waals surface area contributed by atoms with Gasteiger partial charge in [0.25, 0.3) is 0 Å². The molecule has 0 amide bonds. The average molecular weight is 364 g/mol. The van der Waals surface area contributed by atoms with Gasteiger partial charge in [0.05, 0.1) is 5.69 Å². The predicted octanol–water partition coefficient (Wildman–Crippen LogP) is 6.31. The van der Waals surface area contributed by atoms with E-state index in [0.29, 0.717) is 5.92 Å². The molecule has 1 heterocycles. The summed E-state index contributed by atoms with van der Waals surface area (Å²) in [6.07, 6.45) is 8.66. The zero-order valence-electron chi connectivity index (χ0n) is 17.1. The first-order valence-electron chi connectivity index (χ1n) is 10.3. The van der Waals surface area contributed by atoms with Crippen LogP contribution in [0.4, 0.5) is 5.82 Å². The number of nitrogens with zero attached hydrogens (tertiary/aromatic N) is 3. The maximum atomic E-state index is 5.01. The number of hydrogen-bond donors (Lipinski definition) is 0. The molecule has 0 bridgehead atoms. The quantitative estimate of drug-likeness (QED) is 0.461. The van der Waals surface area contributed by atoms with Crippen molar-refractivity contribution in [3.05, 3.63) is 60.3 Å². The van der Waals surface area contributed by atoms with E-state index in [9.17, 15) is 0 Å². The van der Waals surface area contributed by atoms with E-state index in [1.54, 1.807) is 0 Å². The van der Waals surface area contributed by atoms with Gasteiger partial charge in [-0.25, -0.2) is 4.68 Å².